The maximum absolute atomic E-state index is 11.7. The minimum absolute atomic E-state index is 0.154. The van der Waals surface area contributed by atoms with Crippen LogP contribution in [0.1, 0.15) is 18.2 Å². The number of carbonyl (C=O) groups is 1. The summed E-state index contributed by atoms with van der Waals surface area (Å²) in [6, 6.07) is 6.32. The van der Waals surface area contributed by atoms with Gasteiger partial charge in [0.1, 0.15) is 6.04 Å². The SMILES string of the molecule is O=C1CC=CC2c3cccc[n+]3CCN12. The first-order valence-electron chi connectivity index (χ1n) is 5.31. The van der Waals surface area contributed by atoms with Crippen molar-refractivity contribution in [2.45, 2.75) is 19.0 Å². The average molecular weight is 201 g/mol. The van der Waals surface area contributed by atoms with E-state index in [0.717, 1.165) is 13.1 Å². The van der Waals surface area contributed by atoms with Gasteiger partial charge in [0.2, 0.25) is 11.6 Å². The van der Waals surface area contributed by atoms with Crippen molar-refractivity contribution in [1.29, 1.82) is 0 Å². The van der Waals surface area contributed by atoms with E-state index in [9.17, 15) is 4.79 Å². The van der Waals surface area contributed by atoms with Crippen molar-refractivity contribution in [2.75, 3.05) is 6.54 Å². The Bertz CT molecular complexity index is 439. The van der Waals surface area contributed by atoms with Gasteiger partial charge < -0.3 is 4.90 Å². The van der Waals surface area contributed by atoms with E-state index in [1.165, 1.54) is 5.69 Å². The molecule has 0 bridgehead atoms. The summed E-state index contributed by atoms with van der Waals surface area (Å²) in [5, 5.41) is 0. The third kappa shape index (κ3) is 1.27. The van der Waals surface area contributed by atoms with Crippen LogP contribution in [0.3, 0.4) is 0 Å². The third-order valence-corrected chi connectivity index (χ3v) is 3.13. The minimum atomic E-state index is 0.154. The molecule has 1 aromatic heterocycles. The van der Waals surface area contributed by atoms with Crippen LogP contribution in [0.5, 0.6) is 0 Å². The average Bonchev–Trinajstić information content (AvgIpc) is 2.29. The zero-order valence-electron chi connectivity index (χ0n) is 8.47. The fraction of sp³-hybridized carbons (Fsp3) is 0.333. The first kappa shape index (κ1) is 8.65. The van der Waals surface area contributed by atoms with Crippen LogP contribution in [0, 0.1) is 0 Å². The van der Waals surface area contributed by atoms with E-state index in [2.05, 4.69) is 22.9 Å². The summed E-state index contributed by atoms with van der Waals surface area (Å²) in [7, 11) is 0. The van der Waals surface area contributed by atoms with Crippen LogP contribution in [0.4, 0.5) is 0 Å². The Kier molecular flexibility index (Phi) is 1.84. The molecule has 0 aliphatic carbocycles. The number of hydrogen-bond acceptors (Lipinski definition) is 1. The van der Waals surface area contributed by atoms with E-state index in [-0.39, 0.29) is 11.9 Å². The molecule has 0 saturated heterocycles. The highest BCUT2D eigenvalue weighted by atomic mass is 16.2. The van der Waals surface area contributed by atoms with Crippen molar-refractivity contribution in [3.63, 3.8) is 0 Å². The van der Waals surface area contributed by atoms with Crippen LogP contribution in [-0.2, 0) is 11.3 Å². The quantitative estimate of drug-likeness (QED) is 0.450. The van der Waals surface area contributed by atoms with Crippen LogP contribution < -0.4 is 4.57 Å². The van der Waals surface area contributed by atoms with E-state index in [1.807, 2.05) is 23.1 Å². The molecule has 1 atom stereocenters. The van der Waals surface area contributed by atoms with Gasteiger partial charge >= 0.3 is 0 Å². The standard InChI is InChI=1S/C12H13N2O/c15-12-6-3-5-11-10-4-1-2-7-13(10)8-9-14(11)12/h1-5,7,11H,6,8-9H2/q+1. The molecule has 2 aliphatic heterocycles. The summed E-state index contributed by atoms with van der Waals surface area (Å²) in [5.41, 5.74) is 1.22. The van der Waals surface area contributed by atoms with Gasteiger partial charge in [-0.15, -0.1) is 0 Å². The molecule has 3 rings (SSSR count). The Morgan fingerprint density at radius 1 is 1.40 bits per heavy atom. The maximum Gasteiger partial charge on any atom is 0.227 e. The Morgan fingerprint density at radius 3 is 3.27 bits per heavy atom. The Labute approximate surface area is 88.6 Å². The number of hydrogen-bond donors (Lipinski definition) is 0. The second-order valence-electron chi connectivity index (χ2n) is 3.98. The topological polar surface area (TPSA) is 24.2 Å². The summed E-state index contributed by atoms with van der Waals surface area (Å²) in [4.78, 5) is 13.7. The molecule has 3 nitrogen and oxygen atoms in total. The molecule has 0 spiro atoms. The summed E-state index contributed by atoms with van der Waals surface area (Å²) in [6.07, 6.45) is 6.75. The van der Waals surface area contributed by atoms with E-state index >= 15 is 0 Å². The predicted octanol–water partition coefficient (Wildman–Crippen LogP) is 0.817. The van der Waals surface area contributed by atoms with Crippen LogP contribution in [0.2, 0.25) is 0 Å². The first-order valence-corrected chi connectivity index (χ1v) is 5.31. The number of carbonyl (C=O) groups excluding carboxylic acids is 1. The molecule has 15 heavy (non-hydrogen) atoms. The van der Waals surface area contributed by atoms with Crippen LogP contribution in [0.15, 0.2) is 36.5 Å². The maximum atomic E-state index is 11.7. The molecule has 76 valence electrons. The Morgan fingerprint density at radius 2 is 2.33 bits per heavy atom. The van der Waals surface area contributed by atoms with Crippen molar-refractivity contribution < 1.29 is 9.36 Å². The molecule has 3 heterocycles. The zero-order valence-corrected chi connectivity index (χ0v) is 8.47. The van der Waals surface area contributed by atoms with E-state index in [1.54, 1.807) is 0 Å². The molecule has 0 N–H and O–H groups in total. The lowest BCUT2D eigenvalue weighted by Gasteiger charge is -2.33. The largest absolute Gasteiger partial charge is 0.319 e. The van der Waals surface area contributed by atoms with Gasteiger partial charge in [0.05, 0.1) is 6.54 Å². The molecule has 1 aromatic rings. The van der Waals surface area contributed by atoms with Crippen LogP contribution >= 0.6 is 0 Å². The third-order valence-electron chi connectivity index (χ3n) is 3.13. The molecule has 1 amide bonds. The fourth-order valence-electron chi connectivity index (χ4n) is 2.37. The van der Waals surface area contributed by atoms with Crippen molar-refractivity contribution in [3.8, 4) is 0 Å². The molecule has 0 saturated carbocycles. The number of amides is 1. The summed E-state index contributed by atoms with van der Waals surface area (Å²) >= 11 is 0. The van der Waals surface area contributed by atoms with E-state index in [4.69, 9.17) is 0 Å². The number of aromatic nitrogens is 1. The van der Waals surface area contributed by atoms with Crippen LogP contribution in [0.25, 0.3) is 0 Å². The van der Waals surface area contributed by atoms with Gasteiger partial charge in [-0.05, 0) is 0 Å². The predicted molar refractivity (Wildman–Crippen MR) is 54.8 cm³/mol. The van der Waals surface area contributed by atoms with Gasteiger partial charge in [0, 0.05) is 18.6 Å². The summed E-state index contributed by atoms with van der Waals surface area (Å²) < 4.78 is 2.23. The van der Waals surface area contributed by atoms with E-state index < -0.39 is 0 Å². The van der Waals surface area contributed by atoms with Crippen molar-refractivity contribution >= 4 is 5.91 Å². The van der Waals surface area contributed by atoms with Crippen LogP contribution in [-0.4, -0.2) is 17.4 Å². The van der Waals surface area contributed by atoms with Gasteiger partial charge in [-0.2, -0.15) is 4.57 Å². The van der Waals surface area contributed by atoms with Crippen molar-refractivity contribution in [2.24, 2.45) is 0 Å². The highest BCUT2D eigenvalue weighted by molar-refractivity contribution is 5.79. The first-order chi connectivity index (χ1) is 7.36. The molecule has 0 fully saturated rings. The van der Waals surface area contributed by atoms with E-state index in [0.29, 0.717) is 6.42 Å². The highest BCUT2D eigenvalue weighted by Crippen LogP contribution is 2.26. The number of nitrogens with zero attached hydrogens (tertiary/aromatic N) is 2. The number of rotatable bonds is 0. The lowest BCUT2D eigenvalue weighted by molar-refractivity contribution is -0.712. The van der Waals surface area contributed by atoms with Gasteiger partial charge in [-0.3, -0.25) is 4.79 Å². The molecular formula is C12H13N2O+. The van der Waals surface area contributed by atoms with Crippen molar-refractivity contribution in [1.82, 2.24) is 4.90 Å². The fourth-order valence-corrected chi connectivity index (χ4v) is 2.37. The smallest absolute Gasteiger partial charge is 0.227 e. The molecule has 2 aliphatic rings. The second kappa shape index (κ2) is 3.19. The lowest BCUT2D eigenvalue weighted by Crippen LogP contribution is -2.54. The molecule has 0 aromatic carbocycles. The zero-order chi connectivity index (χ0) is 10.3. The normalized spacial score (nSPS) is 23.6. The molecular weight excluding hydrogens is 188 g/mol. The summed E-state index contributed by atoms with van der Waals surface area (Å²) in [6.45, 7) is 1.74. The Hall–Kier alpha value is -1.64. The number of fused-ring (bicyclic) bond motifs is 3. The molecule has 3 heteroatoms. The molecule has 1 unspecified atom stereocenters. The van der Waals surface area contributed by atoms with Gasteiger partial charge in [0.15, 0.2) is 12.7 Å². The lowest BCUT2D eigenvalue weighted by atomic mass is 10.0. The Balaban J connectivity index is 2.09. The summed E-state index contributed by atoms with van der Waals surface area (Å²) in [5.74, 6) is 0.248. The molecule has 0 radical (unpaired) electrons. The monoisotopic (exact) mass is 201 g/mol. The highest BCUT2D eigenvalue weighted by Gasteiger charge is 2.35. The number of pyridine rings is 1. The minimum Gasteiger partial charge on any atom is -0.319 e. The van der Waals surface area contributed by atoms with Crippen molar-refractivity contribution in [3.05, 3.63) is 42.2 Å². The van der Waals surface area contributed by atoms with Gasteiger partial charge in [0.25, 0.3) is 0 Å². The van der Waals surface area contributed by atoms with Gasteiger partial charge in [-0.25, -0.2) is 0 Å². The van der Waals surface area contributed by atoms with Gasteiger partial charge in [-0.1, -0.05) is 18.2 Å². The second-order valence-corrected chi connectivity index (χ2v) is 3.98.